The number of amides is 2. The first-order valence-corrected chi connectivity index (χ1v) is 12.8. The van der Waals surface area contributed by atoms with Crippen molar-refractivity contribution in [3.05, 3.63) is 17.5 Å². The fourth-order valence-electron chi connectivity index (χ4n) is 5.00. The molecule has 1 saturated carbocycles. The molecule has 1 aliphatic carbocycles. The lowest BCUT2D eigenvalue weighted by molar-refractivity contribution is -0.150. The van der Waals surface area contributed by atoms with E-state index in [9.17, 15) is 9.59 Å². The molecule has 2 saturated heterocycles. The number of nitrogens with zero attached hydrogens (tertiary/aromatic N) is 3. The molecule has 3 aliphatic rings. The maximum Gasteiger partial charge on any atom is 0.404 e. The van der Waals surface area contributed by atoms with Crippen LogP contribution in [0, 0.1) is 0 Å². The average molecular weight is 510 g/mol. The van der Waals surface area contributed by atoms with Crippen LogP contribution >= 0.6 is 0 Å². The Morgan fingerprint density at radius 3 is 2.69 bits per heavy atom. The van der Waals surface area contributed by atoms with Gasteiger partial charge in [0.1, 0.15) is 6.10 Å². The molecule has 3 N–H and O–H groups in total. The van der Waals surface area contributed by atoms with Crippen molar-refractivity contribution in [2.24, 2.45) is 0 Å². The van der Waals surface area contributed by atoms with E-state index in [0.717, 1.165) is 37.1 Å². The van der Waals surface area contributed by atoms with E-state index in [-0.39, 0.29) is 37.5 Å². The molecule has 204 valence electrons. The van der Waals surface area contributed by atoms with Gasteiger partial charge in [0.2, 0.25) is 0 Å². The molecule has 0 radical (unpaired) electrons. The number of morpholine rings is 1. The predicted octanol–water partition coefficient (Wildman–Crippen LogP) is 2.13. The number of rotatable bonds is 11. The van der Waals surface area contributed by atoms with Crippen LogP contribution in [0.1, 0.15) is 69.9 Å². The lowest BCUT2D eigenvalue weighted by Crippen LogP contribution is -2.55. The maximum atomic E-state index is 13.5. The quantitative estimate of drug-likeness (QED) is 0.387. The number of hydrogen-bond acceptors (Lipinski definition) is 7. The van der Waals surface area contributed by atoms with Crippen LogP contribution in [0.3, 0.4) is 0 Å². The highest BCUT2D eigenvalue weighted by Crippen LogP contribution is 2.36. The highest BCUT2D eigenvalue weighted by atomic mass is 16.5. The number of nitrogens with one attached hydrogen (secondary N) is 2. The average Bonchev–Trinajstić information content (AvgIpc) is 3.60. The second kappa shape index (κ2) is 13.4. The molecule has 11 nitrogen and oxygen atoms in total. The third-order valence-corrected chi connectivity index (χ3v) is 7.03. The number of aryl methyl sites for hydroxylation is 1. The zero-order valence-corrected chi connectivity index (χ0v) is 20.8. The van der Waals surface area contributed by atoms with E-state index in [0.29, 0.717) is 52.4 Å². The molecule has 11 heteroatoms. The van der Waals surface area contributed by atoms with Gasteiger partial charge in [0, 0.05) is 45.1 Å². The Labute approximate surface area is 213 Å². The molecule has 2 amide bonds. The van der Waals surface area contributed by atoms with E-state index >= 15 is 0 Å². The Kier molecular flexibility index (Phi) is 10.5. The van der Waals surface area contributed by atoms with E-state index in [1.54, 1.807) is 7.11 Å². The maximum absolute atomic E-state index is 13.5. The molecule has 0 spiro atoms. The lowest BCUT2D eigenvalue weighted by atomic mass is 10.1. The minimum Gasteiger partial charge on any atom is -0.465 e. The number of carboxylic acid groups (broad SMARTS) is 1. The summed E-state index contributed by atoms with van der Waals surface area (Å²) < 4.78 is 18.8. The van der Waals surface area contributed by atoms with E-state index in [1.165, 1.54) is 0 Å². The monoisotopic (exact) mass is 509 g/mol. The summed E-state index contributed by atoms with van der Waals surface area (Å²) in [6, 6.07) is 2.49. The zero-order chi connectivity index (χ0) is 24.8. The van der Waals surface area contributed by atoms with Crippen LogP contribution in [-0.2, 0) is 25.4 Å². The van der Waals surface area contributed by atoms with Gasteiger partial charge in [0.15, 0.2) is 0 Å². The molecule has 0 bridgehead atoms. The fraction of sp³-hybridized carbons (Fsp3) is 0.800. The van der Waals surface area contributed by atoms with Gasteiger partial charge in [0.25, 0.3) is 5.91 Å². The van der Waals surface area contributed by atoms with E-state index in [2.05, 4.69) is 21.4 Å². The minimum atomic E-state index is -1.01. The molecule has 1 aromatic rings. The number of aromatic nitrogens is 2. The highest BCUT2D eigenvalue weighted by molar-refractivity contribution is 5.82. The Hall–Kier alpha value is -2.21. The highest BCUT2D eigenvalue weighted by Gasteiger charge is 2.41. The Morgan fingerprint density at radius 2 is 2.08 bits per heavy atom. The molecule has 2 aliphatic heterocycles. The number of ether oxygens (including phenoxy) is 3. The summed E-state index contributed by atoms with van der Waals surface area (Å²) in [7, 11) is 1.66. The first-order chi connectivity index (χ1) is 17.0. The fourth-order valence-corrected chi connectivity index (χ4v) is 5.00. The van der Waals surface area contributed by atoms with Gasteiger partial charge in [-0.25, -0.2) is 4.79 Å². The van der Waals surface area contributed by atoms with Crippen molar-refractivity contribution >= 4 is 12.0 Å². The first-order valence-electron chi connectivity index (χ1n) is 12.8. The van der Waals surface area contributed by atoms with Gasteiger partial charge in [0.05, 0.1) is 37.0 Å². The first kappa shape index (κ1) is 28.4. The van der Waals surface area contributed by atoms with Crippen LogP contribution in [0.2, 0.25) is 0 Å². The largest absolute Gasteiger partial charge is 0.465 e. The number of methoxy groups -OCH3 is 1. The van der Waals surface area contributed by atoms with Crippen molar-refractivity contribution in [3.63, 3.8) is 0 Å². The summed E-state index contributed by atoms with van der Waals surface area (Å²) >= 11 is 0. The second-order valence-electron chi connectivity index (χ2n) is 9.72. The SMILES string of the molecule is C.COC[C@H]1CO[C@@H](C(=O)N(C2CC2)[C@H](C)c2cc(CCCNC(=O)O)n(C3CCOCC3)n2)CN1. The van der Waals surface area contributed by atoms with Gasteiger partial charge in [-0.05, 0) is 51.5 Å². The molecule has 3 heterocycles. The molecular formula is C25H43N5O6. The normalized spacial score (nSPS) is 23.5. The third kappa shape index (κ3) is 7.18. The van der Waals surface area contributed by atoms with Crippen LogP contribution < -0.4 is 10.6 Å². The molecule has 0 unspecified atom stereocenters. The van der Waals surface area contributed by atoms with E-state index < -0.39 is 12.2 Å². The van der Waals surface area contributed by atoms with E-state index in [1.807, 2.05) is 11.8 Å². The Morgan fingerprint density at radius 1 is 1.33 bits per heavy atom. The van der Waals surface area contributed by atoms with E-state index in [4.69, 9.17) is 24.4 Å². The van der Waals surface area contributed by atoms with Crippen molar-refractivity contribution in [3.8, 4) is 0 Å². The van der Waals surface area contributed by atoms with Crippen LogP contribution in [0.25, 0.3) is 0 Å². The summed E-state index contributed by atoms with van der Waals surface area (Å²) in [6.07, 6.45) is 3.66. The number of hydrogen-bond donors (Lipinski definition) is 3. The van der Waals surface area contributed by atoms with Crippen LogP contribution in [-0.4, -0.2) is 96.6 Å². The van der Waals surface area contributed by atoms with Gasteiger partial charge >= 0.3 is 6.09 Å². The van der Waals surface area contributed by atoms with Gasteiger partial charge in [-0.15, -0.1) is 0 Å². The van der Waals surface area contributed by atoms with Crippen molar-refractivity contribution in [2.75, 3.05) is 46.6 Å². The van der Waals surface area contributed by atoms with Gasteiger partial charge in [-0.3, -0.25) is 9.48 Å². The molecule has 4 rings (SSSR count). The Balaban J connectivity index is 0.00000361. The minimum absolute atomic E-state index is 0. The molecule has 3 atom stereocenters. The summed E-state index contributed by atoms with van der Waals surface area (Å²) in [5.74, 6) is 0.0104. The van der Waals surface area contributed by atoms with Crippen molar-refractivity contribution in [1.82, 2.24) is 25.3 Å². The second-order valence-corrected chi connectivity index (χ2v) is 9.72. The topological polar surface area (TPSA) is 127 Å². The van der Waals surface area contributed by atoms with Crippen LogP contribution in [0.5, 0.6) is 0 Å². The van der Waals surface area contributed by atoms with Crippen LogP contribution in [0.15, 0.2) is 6.07 Å². The lowest BCUT2D eigenvalue weighted by Gasteiger charge is -2.35. The van der Waals surface area contributed by atoms with Gasteiger partial charge in [-0.2, -0.15) is 5.10 Å². The standard InChI is InChI=1S/C24H39N5O6.CH4/c1-16(28(18-5-6-18)23(30)22-13-26-17(14-33-2)15-35-22)21-12-20(4-3-9-25-24(31)32)29(27-21)19-7-10-34-11-8-19;/h12,16-19,22,25-26H,3-11,13-15H2,1-2H3,(H,31,32);1H4/t16-,17+,22-;/m1./s1. The molecule has 0 aromatic carbocycles. The predicted molar refractivity (Wildman–Crippen MR) is 134 cm³/mol. The Bertz CT molecular complexity index is 846. The summed E-state index contributed by atoms with van der Waals surface area (Å²) in [6.45, 7) is 5.33. The van der Waals surface area contributed by atoms with Gasteiger partial charge < -0.3 is 34.9 Å². The summed E-state index contributed by atoms with van der Waals surface area (Å²) in [4.78, 5) is 26.3. The summed E-state index contributed by atoms with van der Waals surface area (Å²) in [5, 5.41) is 19.7. The zero-order valence-electron chi connectivity index (χ0n) is 20.8. The molecule has 3 fully saturated rings. The smallest absolute Gasteiger partial charge is 0.404 e. The molecular weight excluding hydrogens is 466 g/mol. The van der Waals surface area contributed by atoms with Gasteiger partial charge in [-0.1, -0.05) is 7.43 Å². The molecule has 1 aromatic heterocycles. The summed E-state index contributed by atoms with van der Waals surface area (Å²) in [5.41, 5.74) is 1.95. The van der Waals surface area contributed by atoms with Crippen molar-refractivity contribution in [1.29, 1.82) is 0 Å². The number of carbonyl (C=O) groups excluding carboxylic acids is 1. The molecule has 36 heavy (non-hydrogen) atoms. The number of carbonyl (C=O) groups is 2. The van der Waals surface area contributed by atoms with Crippen molar-refractivity contribution < 1.29 is 28.9 Å². The van der Waals surface area contributed by atoms with Crippen LogP contribution in [0.4, 0.5) is 4.79 Å². The van der Waals surface area contributed by atoms with Crippen molar-refractivity contribution in [2.45, 2.75) is 83.1 Å². The third-order valence-electron chi connectivity index (χ3n) is 7.03.